The molecule has 29 heavy (non-hydrogen) atoms. The maximum absolute atomic E-state index is 13.0. The van der Waals surface area contributed by atoms with Crippen molar-refractivity contribution in [2.45, 2.75) is 17.3 Å². The molecule has 0 radical (unpaired) electrons. The lowest BCUT2D eigenvalue weighted by molar-refractivity contribution is -0.128. The van der Waals surface area contributed by atoms with Crippen LogP contribution in [0.15, 0.2) is 89.3 Å². The largest absolute Gasteiger partial charge is 0.337 e. The minimum Gasteiger partial charge on any atom is -0.337 e. The lowest BCUT2D eigenvalue weighted by Gasteiger charge is -2.23. The Hall–Kier alpha value is -2.63. The summed E-state index contributed by atoms with van der Waals surface area (Å²) in [5, 5.41) is 0. The number of nitrogens with zero attached hydrogens (tertiary/aromatic N) is 2. The standard InChI is InChI=1S/C24H22N2OS2/c27-23(18-28-24-25-21-13-7-8-14-22(21)29-24)26(17-20-11-5-2-6-12-20)16-15-19-9-3-1-4-10-19/h1-14H,15-18H2. The molecular weight excluding hydrogens is 396 g/mol. The smallest absolute Gasteiger partial charge is 0.233 e. The highest BCUT2D eigenvalue weighted by Gasteiger charge is 2.16. The van der Waals surface area contributed by atoms with E-state index < -0.39 is 0 Å². The number of thioether (sulfide) groups is 1. The molecule has 0 N–H and O–H groups in total. The van der Waals surface area contributed by atoms with E-state index in [-0.39, 0.29) is 5.91 Å². The fraction of sp³-hybridized carbons (Fsp3) is 0.167. The van der Waals surface area contributed by atoms with E-state index in [1.54, 1.807) is 11.3 Å². The fourth-order valence-electron chi connectivity index (χ4n) is 3.13. The first-order chi connectivity index (χ1) is 14.3. The lowest BCUT2D eigenvalue weighted by Crippen LogP contribution is -2.33. The Labute approximate surface area is 179 Å². The van der Waals surface area contributed by atoms with Gasteiger partial charge in [-0.15, -0.1) is 11.3 Å². The van der Waals surface area contributed by atoms with Crippen molar-refractivity contribution in [2.75, 3.05) is 12.3 Å². The second-order valence-corrected chi connectivity index (χ2v) is 9.03. The Bertz CT molecular complexity index is 1030. The Morgan fingerprint density at radius 2 is 1.52 bits per heavy atom. The number of benzene rings is 3. The summed E-state index contributed by atoms with van der Waals surface area (Å²) in [6, 6.07) is 28.6. The highest BCUT2D eigenvalue weighted by Crippen LogP contribution is 2.29. The van der Waals surface area contributed by atoms with Gasteiger partial charge in [0.25, 0.3) is 0 Å². The molecule has 4 aromatic rings. The molecule has 1 amide bonds. The van der Waals surface area contributed by atoms with E-state index in [9.17, 15) is 4.79 Å². The van der Waals surface area contributed by atoms with Crippen molar-refractivity contribution < 1.29 is 4.79 Å². The van der Waals surface area contributed by atoms with E-state index in [4.69, 9.17) is 0 Å². The van der Waals surface area contributed by atoms with E-state index in [1.165, 1.54) is 17.3 Å². The molecule has 0 saturated heterocycles. The number of hydrogen-bond acceptors (Lipinski definition) is 4. The van der Waals surface area contributed by atoms with Crippen molar-refractivity contribution in [2.24, 2.45) is 0 Å². The first kappa shape index (κ1) is 19.7. The van der Waals surface area contributed by atoms with Gasteiger partial charge in [-0.2, -0.15) is 0 Å². The molecule has 1 heterocycles. The predicted octanol–water partition coefficient (Wildman–Crippen LogP) is 5.66. The van der Waals surface area contributed by atoms with Gasteiger partial charge in [0.05, 0.1) is 16.0 Å². The van der Waals surface area contributed by atoms with Crippen molar-refractivity contribution >= 4 is 39.2 Å². The molecular formula is C24H22N2OS2. The monoisotopic (exact) mass is 418 g/mol. The number of hydrogen-bond donors (Lipinski definition) is 0. The molecule has 0 spiro atoms. The van der Waals surface area contributed by atoms with Crippen LogP contribution in [0.5, 0.6) is 0 Å². The minimum absolute atomic E-state index is 0.147. The zero-order valence-electron chi connectivity index (χ0n) is 16.0. The number of fused-ring (bicyclic) bond motifs is 1. The van der Waals surface area contributed by atoms with Crippen molar-refractivity contribution in [3.05, 3.63) is 96.1 Å². The Morgan fingerprint density at radius 1 is 0.862 bits per heavy atom. The van der Waals surface area contributed by atoms with Crippen molar-refractivity contribution in [3.8, 4) is 0 Å². The molecule has 4 rings (SSSR count). The van der Waals surface area contributed by atoms with Crippen molar-refractivity contribution in [3.63, 3.8) is 0 Å². The van der Waals surface area contributed by atoms with Gasteiger partial charge in [0, 0.05) is 13.1 Å². The van der Waals surface area contributed by atoms with Crippen LogP contribution in [0.25, 0.3) is 10.2 Å². The highest BCUT2D eigenvalue weighted by molar-refractivity contribution is 8.01. The van der Waals surface area contributed by atoms with Gasteiger partial charge >= 0.3 is 0 Å². The van der Waals surface area contributed by atoms with Crippen LogP contribution in [0.2, 0.25) is 0 Å². The quantitative estimate of drug-likeness (QED) is 0.346. The van der Waals surface area contributed by atoms with Gasteiger partial charge < -0.3 is 4.90 Å². The number of carbonyl (C=O) groups is 1. The van der Waals surface area contributed by atoms with Gasteiger partial charge in [-0.05, 0) is 29.7 Å². The van der Waals surface area contributed by atoms with Gasteiger partial charge in [0.1, 0.15) is 0 Å². The summed E-state index contributed by atoms with van der Waals surface area (Å²) in [4.78, 5) is 19.6. The molecule has 5 heteroatoms. The third-order valence-electron chi connectivity index (χ3n) is 4.68. The summed E-state index contributed by atoms with van der Waals surface area (Å²) >= 11 is 3.18. The zero-order valence-corrected chi connectivity index (χ0v) is 17.7. The summed E-state index contributed by atoms with van der Waals surface area (Å²) in [6.07, 6.45) is 0.852. The molecule has 0 bridgehead atoms. The van der Waals surface area contributed by atoms with E-state index in [2.05, 4.69) is 35.3 Å². The second-order valence-electron chi connectivity index (χ2n) is 6.77. The summed E-state index contributed by atoms with van der Waals surface area (Å²) in [5.41, 5.74) is 3.40. The van der Waals surface area contributed by atoms with Crippen LogP contribution < -0.4 is 0 Å². The molecule has 0 fully saturated rings. The Kier molecular flexibility index (Phi) is 6.60. The third-order valence-corrected chi connectivity index (χ3v) is 6.84. The van der Waals surface area contributed by atoms with Gasteiger partial charge in [-0.25, -0.2) is 4.98 Å². The Morgan fingerprint density at radius 3 is 2.24 bits per heavy atom. The fourth-order valence-corrected chi connectivity index (χ4v) is 5.10. The number of para-hydroxylation sites is 1. The zero-order chi connectivity index (χ0) is 19.9. The van der Waals surface area contributed by atoms with Gasteiger partial charge in [-0.1, -0.05) is 84.6 Å². The summed E-state index contributed by atoms with van der Waals surface area (Å²) in [5.74, 6) is 0.551. The van der Waals surface area contributed by atoms with Crippen molar-refractivity contribution in [1.29, 1.82) is 0 Å². The highest BCUT2D eigenvalue weighted by atomic mass is 32.2. The molecule has 0 unspecified atom stereocenters. The van der Waals surface area contributed by atoms with Crippen LogP contribution >= 0.6 is 23.1 Å². The lowest BCUT2D eigenvalue weighted by atomic mass is 10.1. The van der Waals surface area contributed by atoms with Crippen LogP contribution in [-0.2, 0) is 17.8 Å². The van der Waals surface area contributed by atoms with Crippen LogP contribution in [0.3, 0.4) is 0 Å². The number of amides is 1. The van der Waals surface area contributed by atoms with E-state index in [1.807, 2.05) is 59.5 Å². The first-order valence-electron chi connectivity index (χ1n) is 9.62. The van der Waals surface area contributed by atoms with Gasteiger partial charge in [0.15, 0.2) is 4.34 Å². The maximum Gasteiger partial charge on any atom is 0.233 e. The SMILES string of the molecule is O=C(CSc1nc2ccccc2s1)N(CCc1ccccc1)Cc1ccccc1. The second kappa shape index (κ2) is 9.72. The average molecular weight is 419 g/mol. The average Bonchev–Trinajstić information content (AvgIpc) is 3.19. The first-order valence-corrected chi connectivity index (χ1v) is 11.4. The molecule has 0 saturated carbocycles. The van der Waals surface area contributed by atoms with Gasteiger partial charge in [-0.3, -0.25) is 4.79 Å². The summed E-state index contributed by atoms with van der Waals surface area (Å²) in [7, 11) is 0. The van der Waals surface area contributed by atoms with Gasteiger partial charge in [0.2, 0.25) is 5.91 Å². The number of aromatic nitrogens is 1. The molecule has 146 valence electrons. The number of carbonyl (C=O) groups excluding carboxylic acids is 1. The normalized spacial score (nSPS) is 10.9. The summed E-state index contributed by atoms with van der Waals surface area (Å²) in [6.45, 7) is 1.34. The maximum atomic E-state index is 13.0. The van der Waals surface area contributed by atoms with Crippen LogP contribution in [0.4, 0.5) is 0 Å². The molecule has 0 aliphatic heterocycles. The molecule has 0 aliphatic rings. The van der Waals surface area contributed by atoms with Crippen LogP contribution in [0, 0.1) is 0 Å². The molecule has 0 atom stereocenters. The van der Waals surface area contributed by atoms with Crippen molar-refractivity contribution in [1.82, 2.24) is 9.88 Å². The van der Waals surface area contributed by atoms with Crippen LogP contribution in [-0.4, -0.2) is 28.1 Å². The minimum atomic E-state index is 0.147. The molecule has 3 nitrogen and oxygen atoms in total. The summed E-state index contributed by atoms with van der Waals surface area (Å²) < 4.78 is 2.11. The molecule has 1 aromatic heterocycles. The number of rotatable bonds is 8. The Balaban J connectivity index is 1.42. The van der Waals surface area contributed by atoms with E-state index >= 15 is 0 Å². The third kappa shape index (κ3) is 5.46. The van der Waals surface area contributed by atoms with E-state index in [0.29, 0.717) is 18.8 Å². The number of thiazole rings is 1. The van der Waals surface area contributed by atoms with E-state index in [0.717, 1.165) is 26.5 Å². The van der Waals surface area contributed by atoms with Crippen LogP contribution in [0.1, 0.15) is 11.1 Å². The molecule has 3 aromatic carbocycles. The molecule has 0 aliphatic carbocycles. The topological polar surface area (TPSA) is 33.2 Å². The predicted molar refractivity (Wildman–Crippen MR) is 122 cm³/mol.